The number of esters is 1. The van der Waals surface area contributed by atoms with Crippen LogP contribution in [0.1, 0.15) is 37.8 Å². The molecule has 1 saturated carbocycles. The molecule has 0 radical (unpaired) electrons. The van der Waals surface area contributed by atoms with Crippen LogP contribution in [0, 0.1) is 5.92 Å². The lowest BCUT2D eigenvalue weighted by molar-refractivity contribution is -0.152. The van der Waals surface area contributed by atoms with Crippen LogP contribution in [0.4, 0.5) is 0 Å². The van der Waals surface area contributed by atoms with Gasteiger partial charge in [-0.3, -0.25) is 9.78 Å². The molecule has 0 spiro atoms. The van der Waals surface area contributed by atoms with Gasteiger partial charge < -0.3 is 9.64 Å². The maximum absolute atomic E-state index is 13.1. The van der Waals surface area contributed by atoms with Gasteiger partial charge in [-0.25, -0.2) is 9.78 Å². The van der Waals surface area contributed by atoms with Gasteiger partial charge >= 0.3 is 5.97 Å². The Morgan fingerprint density at radius 1 is 1.33 bits per heavy atom. The number of amides is 1. The van der Waals surface area contributed by atoms with E-state index < -0.39 is 6.04 Å². The maximum Gasteiger partial charge on any atom is 0.328 e. The second-order valence-electron chi connectivity index (χ2n) is 7.25. The zero-order valence-electron chi connectivity index (χ0n) is 15.3. The highest BCUT2D eigenvalue weighted by molar-refractivity contribution is 7.13. The Morgan fingerprint density at radius 3 is 2.96 bits per heavy atom. The first-order valence-electron chi connectivity index (χ1n) is 9.41. The largest absolute Gasteiger partial charge is 0.467 e. The molecule has 1 aliphatic heterocycles. The first-order chi connectivity index (χ1) is 13.2. The van der Waals surface area contributed by atoms with Crippen molar-refractivity contribution in [2.45, 2.75) is 50.6 Å². The second kappa shape index (κ2) is 7.76. The van der Waals surface area contributed by atoms with Crippen molar-refractivity contribution in [3.8, 4) is 10.6 Å². The summed E-state index contributed by atoms with van der Waals surface area (Å²) >= 11 is 1.51. The predicted octanol–water partition coefficient (Wildman–Crippen LogP) is 3.08. The van der Waals surface area contributed by atoms with E-state index in [0.717, 1.165) is 41.9 Å². The Balaban J connectivity index is 1.52. The van der Waals surface area contributed by atoms with E-state index in [4.69, 9.17) is 4.74 Å². The highest BCUT2D eigenvalue weighted by Crippen LogP contribution is 2.40. The summed E-state index contributed by atoms with van der Waals surface area (Å²) in [6, 6.07) is 3.53. The average Bonchev–Trinajstić information content (AvgIpc) is 3.32. The van der Waals surface area contributed by atoms with E-state index in [1.165, 1.54) is 24.9 Å². The Hall–Kier alpha value is -2.28. The number of hydrogen-bond donors (Lipinski definition) is 0. The quantitative estimate of drug-likeness (QED) is 0.757. The fraction of sp³-hybridized carbons (Fsp3) is 0.500. The molecular weight excluding hydrogens is 362 g/mol. The number of thiazole rings is 1. The number of rotatable bonds is 4. The van der Waals surface area contributed by atoms with Crippen molar-refractivity contribution in [1.29, 1.82) is 0 Å². The van der Waals surface area contributed by atoms with Crippen LogP contribution in [-0.4, -0.2) is 45.9 Å². The molecule has 1 aliphatic carbocycles. The van der Waals surface area contributed by atoms with Crippen LogP contribution in [0.25, 0.3) is 10.6 Å². The van der Waals surface area contributed by atoms with Crippen molar-refractivity contribution in [3.63, 3.8) is 0 Å². The van der Waals surface area contributed by atoms with Gasteiger partial charge in [0.05, 0.1) is 19.2 Å². The first kappa shape index (κ1) is 18.1. The molecular formula is C20H23N3O3S. The first-order valence-corrected chi connectivity index (χ1v) is 10.3. The SMILES string of the molecule is COC(=O)C1CC2CCCCC2N1C(=O)Cc1csc(-c2cccnc2)n1. The number of carbonyl (C=O) groups excluding carboxylic acids is 2. The Kier molecular flexibility index (Phi) is 5.20. The summed E-state index contributed by atoms with van der Waals surface area (Å²) in [6.07, 6.45) is 8.78. The van der Waals surface area contributed by atoms with Gasteiger partial charge in [-0.1, -0.05) is 12.8 Å². The number of likely N-dealkylation sites (tertiary alicyclic amines) is 1. The Labute approximate surface area is 162 Å². The van der Waals surface area contributed by atoms with Gasteiger partial charge in [0, 0.05) is 29.4 Å². The molecule has 1 amide bonds. The van der Waals surface area contributed by atoms with Gasteiger partial charge in [0.2, 0.25) is 5.91 Å². The number of pyridine rings is 1. The van der Waals surface area contributed by atoms with Crippen LogP contribution in [0.5, 0.6) is 0 Å². The van der Waals surface area contributed by atoms with Crippen LogP contribution in [0.3, 0.4) is 0 Å². The summed E-state index contributed by atoms with van der Waals surface area (Å²) in [5, 5.41) is 2.77. The molecule has 3 atom stereocenters. The van der Waals surface area contributed by atoms with Crippen LogP contribution in [-0.2, 0) is 20.7 Å². The normalized spacial score (nSPS) is 24.5. The van der Waals surface area contributed by atoms with Crippen molar-refractivity contribution >= 4 is 23.2 Å². The molecule has 0 aromatic carbocycles. The second-order valence-corrected chi connectivity index (χ2v) is 8.11. The van der Waals surface area contributed by atoms with Gasteiger partial charge in [-0.15, -0.1) is 11.3 Å². The van der Waals surface area contributed by atoms with Crippen molar-refractivity contribution < 1.29 is 14.3 Å². The lowest BCUT2D eigenvalue weighted by Gasteiger charge is -2.33. The van der Waals surface area contributed by atoms with E-state index in [1.54, 1.807) is 17.3 Å². The van der Waals surface area contributed by atoms with E-state index in [-0.39, 0.29) is 24.3 Å². The molecule has 2 aromatic rings. The molecule has 2 fully saturated rings. The van der Waals surface area contributed by atoms with E-state index in [1.807, 2.05) is 17.5 Å². The van der Waals surface area contributed by atoms with Gasteiger partial charge in [-0.05, 0) is 37.3 Å². The van der Waals surface area contributed by atoms with Crippen molar-refractivity contribution in [2.24, 2.45) is 5.92 Å². The van der Waals surface area contributed by atoms with Crippen LogP contribution in [0.2, 0.25) is 0 Å². The molecule has 6 nitrogen and oxygen atoms in total. The molecule has 3 unspecified atom stereocenters. The third-order valence-corrected chi connectivity index (χ3v) is 6.58. The maximum atomic E-state index is 13.1. The average molecular weight is 385 g/mol. The van der Waals surface area contributed by atoms with Crippen molar-refractivity contribution in [2.75, 3.05) is 7.11 Å². The van der Waals surface area contributed by atoms with E-state index in [2.05, 4.69) is 9.97 Å². The third kappa shape index (κ3) is 3.60. The summed E-state index contributed by atoms with van der Waals surface area (Å²) in [7, 11) is 1.40. The van der Waals surface area contributed by atoms with Gasteiger partial charge in [0.25, 0.3) is 0 Å². The molecule has 2 aromatic heterocycles. The minimum Gasteiger partial charge on any atom is -0.467 e. The monoisotopic (exact) mass is 385 g/mol. The zero-order valence-corrected chi connectivity index (χ0v) is 16.2. The summed E-state index contributed by atoms with van der Waals surface area (Å²) in [5.41, 5.74) is 1.69. The van der Waals surface area contributed by atoms with Crippen LogP contribution in [0.15, 0.2) is 29.9 Å². The summed E-state index contributed by atoms with van der Waals surface area (Å²) in [5.74, 6) is 0.0862. The highest BCUT2D eigenvalue weighted by atomic mass is 32.1. The summed E-state index contributed by atoms with van der Waals surface area (Å²) < 4.78 is 4.98. The highest BCUT2D eigenvalue weighted by Gasteiger charge is 2.47. The number of fused-ring (bicyclic) bond motifs is 1. The smallest absolute Gasteiger partial charge is 0.328 e. The van der Waals surface area contributed by atoms with E-state index in [0.29, 0.717) is 5.92 Å². The molecule has 0 N–H and O–H groups in total. The molecule has 3 heterocycles. The van der Waals surface area contributed by atoms with Crippen LogP contribution < -0.4 is 0 Å². The fourth-order valence-electron chi connectivity index (χ4n) is 4.42. The van der Waals surface area contributed by atoms with Crippen LogP contribution >= 0.6 is 11.3 Å². The standard InChI is InChI=1S/C20H23N3O3S/c1-26-20(25)17-9-13-5-2-3-7-16(13)23(17)18(24)10-15-12-27-19(22-15)14-6-4-8-21-11-14/h4,6,8,11-13,16-17H,2-3,5,7,9-10H2,1H3. The molecule has 4 rings (SSSR count). The summed E-state index contributed by atoms with van der Waals surface area (Å²) in [6.45, 7) is 0. The van der Waals surface area contributed by atoms with Crippen molar-refractivity contribution in [1.82, 2.24) is 14.9 Å². The molecule has 142 valence electrons. The number of carbonyl (C=O) groups is 2. The molecule has 27 heavy (non-hydrogen) atoms. The minimum absolute atomic E-state index is 0.0252. The Morgan fingerprint density at radius 2 is 2.19 bits per heavy atom. The number of ether oxygens (including phenoxy) is 1. The third-order valence-electron chi connectivity index (χ3n) is 5.64. The van der Waals surface area contributed by atoms with Gasteiger partial charge in [0.1, 0.15) is 11.0 Å². The molecule has 1 saturated heterocycles. The number of hydrogen-bond acceptors (Lipinski definition) is 6. The number of methoxy groups -OCH3 is 1. The zero-order chi connectivity index (χ0) is 18.8. The molecule has 0 bridgehead atoms. The molecule has 7 heteroatoms. The van der Waals surface area contributed by atoms with Crippen molar-refractivity contribution in [3.05, 3.63) is 35.6 Å². The van der Waals surface area contributed by atoms with Gasteiger partial charge in [0.15, 0.2) is 0 Å². The minimum atomic E-state index is -0.452. The summed E-state index contributed by atoms with van der Waals surface area (Å²) in [4.78, 5) is 35.9. The Bertz CT molecular complexity index is 823. The number of aromatic nitrogens is 2. The topological polar surface area (TPSA) is 72.4 Å². The predicted molar refractivity (Wildman–Crippen MR) is 102 cm³/mol. The van der Waals surface area contributed by atoms with Gasteiger partial charge in [-0.2, -0.15) is 0 Å². The lowest BCUT2D eigenvalue weighted by Crippen LogP contribution is -2.47. The lowest BCUT2D eigenvalue weighted by atomic mass is 9.84. The fourth-order valence-corrected chi connectivity index (χ4v) is 5.23. The molecule has 2 aliphatic rings. The van der Waals surface area contributed by atoms with E-state index in [9.17, 15) is 9.59 Å². The number of nitrogens with zero attached hydrogens (tertiary/aromatic N) is 3. The van der Waals surface area contributed by atoms with E-state index >= 15 is 0 Å².